The standard InChI is InChI=1S/C26H26O10/c1-3-4-21(27)34-13-20-23(29)24(30)25(31)26(36-20)35-16-9-10-17-19(11-16)33-12-18(22(17)28)14-5-7-15(32-2)8-6-14/h3-12,20,23-26,29-31H,13H2,1-2H3/t20-,23-,24+,25-,26-/m1/s1. The van der Waals surface area contributed by atoms with Gasteiger partial charge in [-0.05, 0) is 36.8 Å². The molecule has 1 aliphatic rings. The van der Waals surface area contributed by atoms with Crippen molar-refractivity contribution < 1.29 is 43.5 Å². The molecule has 0 bridgehead atoms. The minimum Gasteiger partial charge on any atom is -0.497 e. The number of rotatable bonds is 7. The second-order valence-corrected chi connectivity index (χ2v) is 8.13. The molecule has 2 aromatic carbocycles. The van der Waals surface area contributed by atoms with Gasteiger partial charge in [0.1, 0.15) is 54.4 Å². The molecule has 0 amide bonds. The minimum absolute atomic E-state index is 0.181. The molecule has 0 radical (unpaired) electrons. The lowest BCUT2D eigenvalue weighted by Crippen LogP contribution is -2.60. The number of methoxy groups -OCH3 is 1. The number of hydrogen-bond acceptors (Lipinski definition) is 10. The maximum atomic E-state index is 13.0. The fraction of sp³-hybridized carbons (Fsp3) is 0.308. The molecule has 1 aromatic heterocycles. The van der Waals surface area contributed by atoms with Crippen LogP contribution in [0.2, 0.25) is 0 Å². The van der Waals surface area contributed by atoms with Gasteiger partial charge < -0.3 is 38.7 Å². The molecule has 36 heavy (non-hydrogen) atoms. The van der Waals surface area contributed by atoms with E-state index >= 15 is 0 Å². The molecule has 3 N–H and O–H groups in total. The van der Waals surface area contributed by atoms with Gasteiger partial charge in [-0.1, -0.05) is 18.2 Å². The maximum Gasteiger partial charge on any atom is 0.330 e. The zero-order valence-corrected chi connectivity index (χ0v) is 19.6. The molecule has 10 heteroatoms. The van der Waals surface area contributed by atoms with E-state index in [2.05, 4.69) is 0 Å². The highest BCUT2D eigenvalue weighted by molar-refractivity contribution is 5.83. The summed E-state index contributed by atoms with van der Waals surface area (Å²) in [5.74, 6) is 0.193. The van der Waals surface area contributed by atoms with Gasteiger partial charge in [0, 0.05) is 12.1 Å². The smallest absolute Gasteiger partial charge is 0.330 e. The number of carbonyl (C=O) groups excluding carboxylic acids is 1. The summed E-state index contributed by atoms with van der Waals surface area (Å²) in [6.07, 6.45) is -3.23. The summed E-state index contributed by atoms with van der Waals surface area (Å²) in [4.78, 5) is 24.6. The van der Waals surface area contributed by atoms with E-state index in [4.69, 9.17) is 23.4 Å². The van der Waals surface area contributed by atoms with Crippen molar-refractivity contribution in [2.24, 2.45) is 0 Å². The second kappa shape index (κ2) is 10.9. The molecule has 0 aliphatic carbocycles. The lowest BCUT2D eigenvalue weighted by Gasteiger charge is -2.39. The molecule has 1 aliphatic heterocycles. The number of benzene rings is 2. The van der Waals surface area contributed by atoms with Crippen LogP contribution < -0.4 is 14.9 Å². The van der Waals surface area contributed by atoms with Crippen LogP contribution in [0.5, 0.6) is 11.5 Å². The average Bonchev–Trinajstić information content (AvgIpc) is 2.89. The number of allylic oxidation sites excluding steroid dienone is 1. The number of ether oxygens (including phenoxy) is 4. The van der Waals surface area contributed by atoms with Gasteiger partial charge in [-0.3, -0.25) is 4.79 Å². The van der Waals surface area contributed by atoms with Crippen LogP contribution in [0.3, 0.4) is 0 Å². The summed E-state index contributed by atoms with van der Waals surface area (Å²) in [6, 6.07) is 11.4. The maximum absolute atomic E-state index is 13.0. The van der Waals surface area contributed by atoms with E-state index < -0.39 is 36.7 Å². The topological polar surface area (TPSA) is 145 Å². The fourth-order valence-electron chi connectivity index (χ4n) is 3.79. The van der Waals surface area contributed by atoms with E-state index in [9.17, 15) is 24.9 Å². The Morgan fingerprint density at radius 3 is 2.44 bits per heavy atom. The average molecular weight is 498 g/mol. The Bertz CT molecular complexity index is 1300. The summed E-state index contributed by atoms with van der Waals surface area (Å²) >= 11 is 0. The van der Waals surface area contributed by atoms with Crippen molar-refractivity contribution in [2.75, 3.05) is 13.7 Å². The Labute approximate surface area is 205 Å². The lowest BCUT2D eigenvalue weighted by atomic mass is 9.99. The highest BCUT2D eigenvalue weighted by Crippen LogP contribution is 2.28. The predicted octanol–water partition coefficient (Wildman–Crippen LogP) is 1.77. The van der Waals surface area contributed by atoms with Crippen molar-refractivity contribution in [3.05, 3.63) is 71.1 Å². The largest absolute Gasteiger partial charge is 0.497 e. The van der Waals surface area contributed by atoms with Gasteiger partial charge in [-0.25, -0.2) is 4.79 Å². The molecule has 1 fully saturated rings. The van der Waals surface area contributed by atoms with Crippen LogP contribution in [0.4, 0.5) is 0 Å². The number of fused-ring (bicyclic) bond motifs is 1. The third kappa shape index (κ3) is 5.26. The SMILES string of the molecule is CC=CC(=O)OC[C@H]1O[C@@H](Oc2ccc3c(=O)c(-c4ccc(OC)cc4)coc3c2)[C@H](O)[C@@H](O)[C@@H]1O. The lowest BCUT2D eigenvalue weighted by molar-refractivity contribution is -0.278. The van der Waals surface area contributed by atoms with Crippen LogP contribution in [-0.2, 0) is 14.3 Å². The van der Waals surface area contributed by atoms with E-state index in [0.717, 1.165) is 0 Å². The third-order valence-electron chi connectivity index (χ3n) is 5.76. The van der Waals surface area contributed by atoms with Crippen molar-refractivity contribution in [1.29, 1.82) is 0 Å². The quantitative estimate of drug-likeness (QED) is 0.326. The van der Waals surface area contributed by atoms with E-state index in [1.54, 1.807) is 38.3 Å². The van der Waals surface area contributed by atoms with Crippen LogP contribution in [0, 0.1) is 0 Å². The summed E-state index contributed by atoms with van der Waals surface area (Å²) in [5.41, 5.74) is 1.03. The number of aliphatic hydroxyl groups is 3. The van der Waals surface area contributed by atoms with Crippen LogP contribution in [-0.4, -0.2) is 65.7 Å². The molecule has 0 spiro atoms. The van der Waals surface area contributed by atoms with Crippen molar-refractivity contribution >= 4 is 16.9 Å². The summed E-state index contributed by atoms with van der Waals surface area (Å²) in [6.45, 7) is 1.28. The van der Waals surface area contributed by atoms with E-state index in [0.29, 0.717) is 22.3 Å². The molecule has 3 aromatic rings. The minimum atomic E-state index is -1.61. The molecular formula is C26H26O10. The summed E-state index contributed by atoms with van der Waals surface area (Å²) in [7, 11) is 1.55. The number of carbonyl (C=O) groups is 1. The third-order valence-corrected chi connectivity index (χ3v) is 5.76. The first-order valence-corrected chi connectivity index (χ1v) is 11.2. The molecule has 4 rings (SSSR count). The molecule has 2 heterocycles. The van der Waals surface area contributed by atoms with Gasteiger partial charge in [0.15, 0.2) is 5.43 Å². The molecule has 1 saturated heterocycles. The number of aliphatic hydroxyl groups excluding tert-OH is 3. The predicted molar refractivity (Wildman–Crippen MR) is 128 cm³/mol. The van der Waals surface area contributed by atoms with Crippen LogP contribution >= 0.6 is 0 Å². The fourth-order valence-corrected chi connectivity index (χ4v) is 3.79. The van der Waals surface area contributed by atoms with E-state index in [-0.39, 0.29) is 23.4 Å². The highest BCUT2D eigenvalue weighted by Gasteiger charge is 2.45. The van der Waals surface area contributed by atoms with Crippen molar-refractivity contribution in [3.63, 3.8) is 0 Å². The Kier molecular flexibility index (Phi) is 7.70. The van der Waals surface area contributed by atoms with Gasteiger partial charge in [-0.2, -0.15) is 0 Å². The molecule has 190 valence electrons. The van der Waals surface area contributed by atoms with E-state index in [1.807, 2.05) is 0 Å². The Hall–Kier alpha value is -3.70. The van der Waals surface area contributed by atoms with Gasteiger partial charge in [0.2, 0.25) is 6.29 Å². The summed E-state index contributed by atoms with van der Waals surface area (Å²) < 4.78 is 27.0. The first-order valence-electron chi connectivity index (χ1n) is 11.2. The zero-order chi connectivity index (χ0) is 25.8. The van der Waals surface area contributed by atoms with Crippen LogP contribution in [0.1, 0.15) is 6.92 Å². The van der Waals surface area contributed by atoms with Gasteiger partial charge in [-0.15, -0.1) is 0 Å². The Morgan fingerprint density at radius 2 is 1.75 bits per heavy atom. The Morgan fingerprint density at radius 1 is 1.03 bits per heavy atom. The molecule has 10 nitrogen and oxygen atoms in total. The highest BCUT2D eigenvalue weighted by atomic mass is 16.7. The first kappa shape index (κ1) is 25.4. The van der Waals surface area contributed by atoms with Gasteiger partial charge in [0.05, 0.1) is 18.1 Å². The first-order chi connectivity index (χ1) is 17.3. The van der Waals surface area contributed by atoms with E-state index in [1.165, 1.54) is 36.6 Å². The summed E-state index contributed by atoms with van der Waals surface area (Å²) in [5, 5.41) is 31.1. The molecule has 0 saturated carbocycles. The normalized spacial score (nSPS) is 24.1. The van der Waals surface area contributed by atoms with Crippen LogP contribution in [0.15, 0.2) is 70.1 Å². The molecule has 5 atom stereocenters. The second-order valence-electron chi connectivity index (χ2n) is 8.13. The molecular weight excluding hydrogens is 472 g/mol. The number of esters is 1. The van der Waals surface area contributed by atoms with Gasteiger partial charge >= 0.3 is 5.97 Å². The number of hydrogen-bond donors (Lipinski definition) is 3. The Balaban J connectivity index is 1.53. The molecule has 0 unspecified atom stereocenters. The monoisotopic (exact) mass is 498 g/mol. The van der Waals surface area contributed by atoms with Crippen molar-refractivity contribution in [3.8, 4) is 22.6 Å². The van der Waals surface area contributed by atoms with Crippen molar-refractivity contribution in [1.82, 2.24) is 0 Å². The zero-order valence-electron chi connectivity index (χ0n) is 19.6. The van der Waals surface area contributed by atoms with Gasteiger partial charge in [0.25, 0.3) is 0 Å². The van der Waals surface area contributed by atoms with Crippen molar-refractivity contribution in [2.45, 2.75) is 37.6 Å². The van der Waals surface area contributed by atoms with Crippen LogP contribution in [0.25, 0.3) is 22.1 Å².